The number of benzene rings is 1. The van der Waals surface area contributed by atoms with Crippen LogP contribution in [-0.4, -0.2) is 0 Å². The number of fused-ring (bicyclic) bond motifs is 1. The molecule has 0 bridgehead atoms. The van der Waals surface area contributed by atoms with E-state index < -0.39 is 6.04 Å². The molecule has 3 aromatic rings. The first-order valence-corrected chi connectivity index (χ1v) is 7.81. The van der Waals surface area contributed by atoms with Gasteiger partial charge in [0.1, 0.15) is 5.82 Å². The van der Waals surface area contributed by atoms with Crippen molar-refractivity contribution in [2.45, 2.75) is 6.04 Å². The second kappa shape index (κ2) is 4.74. The van der Waals surface area contributed by atoms with E-state index in [1.54, 1.807) is 34.8 Å². The quantitative estimate of drug-likeness (QED) is 0.703. The van der Waals surface area contributed by atoms with E-state index in [1.807, 2.05) is 0 Å². The predicted molar refractivity (Wildman–Crippen MR) is 79.8 cm³/mol. The van der Waals surface area contributed by atoms with Crippen LogP contribution in [0, 0.1) is 5.82 Å². The summed E-state index contributed by atoms with van der Waals surface area (Å²) in [5.41, 5.74) is 6.69. The van der Waals surface area contributed by atoms with Gasteiger partial charge in [0, 0.05) is 24.3 Å². The van der Waals surface area contributed by atoms with Crippen LogP contribution in [0.4, 0.5) is 4.39 Å². The molecular formula is C13H9BrFNS2. The molecule has 0 aliphatic heterocycles. The van der Waals surface area contributed by atoms with Crippen molar-refractivity contribution in [1.82, 2.24) is 0 Å². The van der Waals surface area contributed by atoms with Gasteiger partial charge in [-0.1, -0.05) is 15.9 Å². The highest BCUT2D eigenvalue weighted by Crippen LogP contribution is 2.35. The lowest BCUT2D eigenvalue weighted by Crippen LogP contribution is -2.12. The van der Waals surface area contributed by atoms with Gasteiger partial charge in [-0.3, -0.25) is 0 Å². The second-order valence-electron chi connectivity index (χ2n) is 3.94. The van der Waals surface area contributed by atoms with Crippen molar-refractivity contribution in [3.8, 4) is 0 Å². The van der Waals surface area contributed by atoms with Crippen molar-refractivity contribution in [1.29, 1.82) is 0 Å². The maximum atomic E-state index is 13.8. The maximum Gasteiger partial charge on any atom is 0.128 e. The van der Waals surface area contributed by atoms with E-state index in [0.717, 1.165) is 9.35 Å². The van der Waals surface area contributed by atoms with E-state index >= 15 is 0 Å². The molecule has 0 radical (unpaired) electrons. The van der Waals surface area contributed by atoms with Crippen LogP contribution in [0.15, 0.2) is 40.2 Å². The summed E-state index contributed by atoms with van der Waals surface area (Å²) in [5.74, 6) is -0.262. The van der Waals surface area contributed by atoms with Gasteiger partial charge in [-0.05, 0) is 35.7 Å². The van der Waals surface area contributed by atoms with Crippen molar-refractivity contribution < 1.29 is 4.39 Å². The highest BCUT2D eigenvalue weighted by atomic mass is 79.9. The van der Waals surface area contributed by atoms with Crippen molar-refractivity contribution in [2.75, 3.05) is 0 Å². The topological polar surface area (TPSA) is 26.0 Å². The van der Waals surface area contributed by atoms with Crippen LogP contribution in [0.5, 0.6) is 0 Å². The molecule has 5 heteroatoms. The molecule has 0 saturated carbocycles. The Bertz CT molecular complexity index is 675. The lowest BCUT2D eigenvalue weighted by atomic mass is 10.1. The summed E-state index contributed by atoms with van der Waals surface area (Å²) in [6, 6.07) is 8.57. The molecule has 1 nitrogen and oxygen atoms in total. The average Bonchev–Trinajstić information content (AvgIpc) is 2.91. The second-order valence-corrected chi connectivity index (χ2v) is 6.92. The lowest BCUT2D eigenvalue weighted by Gasteiger charge is -2.11. The Hall–Kier alpha value is -0.750. The van der Waals surface area contributed by atoms with Crippen LogP contribution in [0.3, 0.4) is 0 Å². The summed E-state index contributed by atoms with van der Waals surface area (Å²) >= 11 is 6.65. The Morgan fingerprint density at radius 2 is 2.00 bits per heavy atom. The highest BCUT2D eigenvalue weighted by molar-refractivity contribution is 9.10. The van der Waals surface area contributed by atoms with E-state index in [1.165, 1.54) is 15.5 Å². The zero-order valence-electron chi connectivity index (χ0n) is 9.19. The zero-order valence-corrected chi connectivity index (χ0v) is 12.4. The molecule has 2 heterocycles. The van der Waals surface area contributed by atoms with Gasteiger partial charge in [0.2, 0.25) is 0 Å². The molecule has 0 aliphatic carbocycles. The molecule has 92 valence electrons. The summed E-state index contributed by atoms with van der Waals surface area (Å²) in [6.07, 6.45) is 0. The Morgan fingerprint density at radius 1 is 1.17 bits per heavy atom. The van der Waals surface area contributed by atoms with E-state index in [9.17, 15) is 4.39 Å². The maximum absolute atomic E-state index is 13.8. The molecule has 2 N–H and O–H groups in total. The fourth-order valence-corrected chi connectivity index (χ4v) is 4.36. The van der Waals surface area contributed by atoms with E-state index in [0.29, 0.717) is 5.56 Å². The first-order chi connectivity index (χ1) is 8.65. The number of nitrogens with two attached hydrogens (primary N) is 1. The highest BCUT2D eigenvalue weighted by Gasteiger charge is 2.16. The van der Waals surface area contributed by atoms with Crippen LogP contribution < -0.4 is 5.73 Å². The summed E-state index contributed by atoms with van der Waals surface area (Å²) in [4.78, 5) is 0.994. The van der Waals surface area contributed by atoms with Gasteiger partial charge in [0.15, 0.2) is 0 Å². The fraction of sp³-hybridized carbons (Fsp3) is 0.0769. The van der Waals surface area contributed by atoms with Gasteiger partial charge in [0.25, 0.3) is 0 Å². The molecule has 1 unspecified atom stereocenters. The Morgan fingerprint density at radius 3 is 2.78 bits per heavy atom. The van der Waals surface area contributed by atoms with Crippen molar-refractivity contribution in [2.24, 2.45) is 5.73 Å². The first-order valence-electron chi connectivity index (χ1n) is 5.32. The third kappa shape index (κ3) is 2.12. The van der Waals surface area contributed by atoms with Crippen LogP contribution >= 0.6 is 38.6 Å². The number of hydrogen-bond acceptors (Lipinski definition) is 3. The standard InChI is InChI=1S/C13H9BrFNS2/c14-7-1-2-9(15)8(5-7)13(16)12-6-11-10(18-12)3-4-17-11/h1-6,13H,16H2. The van der Waals surface area contributed by atoms with Crippen molar-refractivity contribution >= 4 is 48.0 Å². The van der Waals surface area contributed by atoms with Gasteiger partial charge in [-0.2, -0.15) is 0 Å². The molecule has 1 atom stereocenters. The van der Waals surface area contributed by atoms with Crippen LogP contribution in [0.1, 0.15) is 16.5 Å². The molecule has 0 aliphatic rings. The third-order valence-electron chi connectivity index (χ3n) is 2.76. The molecule has 0 spiro atoms. The van der Waals surface area contributed by atoms with E-state index in [4.69, 9.17) is 5.73 Å². The number of thiophene rings is 2. The van der Waals surface area contributed by atoms with Crippen molar-refractivity contribution in [3.63, 3.8) is 0 Å². The molecule has 0 amide bonds. The van der Waals surface area contributed by atoms with Crippen LogP contribution in [-0.2, 0) is 0 Å². The largest absolute Gasteiger partial charge is 0.320 e. The van der Waals surface area contributed by atoms with Gasteiger partial charge < -0.3 is 5.73 Å². The van der Waals surface area contributed by atoms with Gasteiger partial charge in [0.05, 0.1) is 6.04 Å². The summed E-state index contributed by atoms with van der Waals surface area (Å²) < 4.78 is 17.1. The molecule has 3 rings (SSSR count). The summed E-state index contributed by atoms with van der Waals surface area (Å²) in [5, 5.41) is 2.05. The normalized spacial score (nSPS) is 13.1. The third-order valence-corrected chi connectivity index (χ3v) is 5.43. The summed E-state index contributed by atoms with van der Waals surface area (Å²) in [7, 11) is 0. The molecule has 1 aromatic carbocycles. The zero-order chi connectivity index (χ0) is 12.7. The smallest absolute Gasteiger partial charge is 0.128 e. The monoisotopic (exact) mass is 341 g/mol. The van der Waals surface area contributed by atoms with Gasteiger partial charge in [-0.15, -0.1) is 22.7 Å². The van der Waals surface area contributed by atoms with E-state index in [2.05, 4.69) is 33.4 Å². The molecule has 18 heavy (non-hydrogen) atoms. The van der Waals surface area contributed by atoms with Crippen molar-refractivity contribution in [3.05, 3.63) is 56.4 Å². The predicted octanol–water partition coefficient (Wildman–Crippen LogP) is 4.91. The first kappa shape index (κ1) is 12.3. The molecule has 0 fully saturated rings. The molecule has 2 aromatic heterocycles. The number of halogens is 2. The minimum atomic E-state index is -0.410. The lowest BCUT2D eigenvalue weighted by molar-refractivity contribution is 0.600. The average molecular weight is 342 g/mol. The van der Waals surface area contributed by atoms with Crippen LogP contribution in [0.25, 0.3) is 9.40 Å². The number of hydrogen-bond donors (Lipinski definition) is 1. The SMILES string of the molecule is NC(c1cc2sccc2s1)c1cc(Br)ccc1F. The fourth-order valence-electron chi connectivity index (χ4n) is 1.84. The minimum Gasteiger partial charge on any atom is -0.320 e. The van der Waals surface area contributed by atoms with Gasteiger partial charge in [-0.25, -0.2) is 4.39 Å². The summed E-state index contributed by atoms with van der Waals surface area (Å²) in [6.45, 7) is 0. The Labute approximate surface area is 120 Å². The Balaban J connectivity index is 2.05. The van der Waals surface area contributed by atoms with E-state index in [-0.39, 0.29) is 5.82 Å². The number of rotatable bonds is 2. The molecule has 0 saturated heterocycles. The van der Waals surface area contributed by atoms with Gasteiger partial charge >= 0.3 is 0 Å². The molecular weight excluding hydrogens is 333 g/mol. The Kier molecular flexibility index (Phi) is 3.23. The minimum absolute atomic E-state index is 0.262. The van der Waals surface area contributed by atoms with Crippen LogP contribution in [0.2, 0.25) is 0 Å².